The number of hydrogen-bond donors (Lipinski definition) is 0. The van der Waals surface area contributed by atoms with Crippen molar-refractivity contribution in [1.82, 2.24) is 0 Å². The van der Waals surface area contributed by atoms with Gasteiger partial charge >= 0.3 is 0 Å². The summed E-state index contributed by atoms with van der Waals surface area (Å²) in [4.78, 5) is 6.64. The van der Waals surface area contributed by atoms with Gasteiger partial charge in [0.05, 0.1) is 12.3 Å². The van der Waals surface area contributed by atoms with Crippen molar-refractivity contribution in [1.29, 1.82) is 0 Å². The monoisotopic (exact) mass is 304 g/mol. The third-order valence-electron chi connectivity index (χ3n) is 3.74. The summed E-state index contributed by atoms with van der Waals surface area (Å²) >= 11 is 0. The van der Waals surface area contributed by atoms with Crippen molar-refractivity contribution < 1.29 is 4.74 Å². The number of rotatable bonds is 4. The third-order valence-corrected chi connectivity index (χ3v) is 3.74. The van der Waals surface area contributed by atoms with Crippen molar-refractivity contribution in [2.75, 3.05) is 18.6 Å². The lowest BCUT2D eigenvalue weighted by Crippen LogP contribution is -2.18. The molecule has 2 aromatic rings. The number of allylic oxidation sites excluding steroid dienone is 2. The largest absolute Gasteiger partial charge is 0.494 e. The topological polar surface area (TPSA) is 24.8 Å². The number of ether oxygens (including phenoxy) is 1. The van der Waals surface area contributed by atoms with Crippen LogP contribution in [0.2, 0.25) is 0 Å². The number of nitrogens with zero attached hydrogens (tertiary/aromatic N) is 2. The van der Waals surface area contributed by atoms with Gasteiger partial charge in [0.1, 0.15) is 5.75 Å². The van der Waals surface area contributed by atoms with Gasteiger partial charge in [0, 0.05) is 24.6 Å². The fourth-order valence-corrected chi connectivity index (χ4v) is 2.52. The lowest BCUT2D eigenvalue weighted by molar-refractivity contribution is 0.340. The number of aliphatic imine (C=N–C) groups is 1. The van der Waals surface area contributed by atoms with E-state index in [0.29, 0.717) is 6.61 Å². The molecule has 23 heavy (non-hydrogen) atoms. The van der Waals surface area contributed by atoms with Crippen LogP contribution in [-0.4, -0.2) is 19.9 Å². The molecule has 0 spiro atoms. The summed E-state index contributed by atoms with van der Waals surface area (Å²) in [6.45, 7) is 2.65. The van der Waals surface area contributed by atoms with E-state index in [9.17, 15) is 0 Å². The van der Waals surface area contributed by atoms with Gasteiger partial charge in [0.15, 0.2) is 0 Å². The van der Waals surface area contributed by atoms with E-state index < -0.39 is 0 Å². The zero-order valence-electron chi connectivity index (χ0n) is 13.4. The number of para-hydroxylation sites is 1. The Morgan fingerprint density at radius 3 is 2.61 bits per heavy atom. The van der Waals surface area contributed by atoms with E-state index >= 15 is 0 Å². The Bertz CT molecular complexity index is 757. The minimum atomic E-state index is 0.675. The fraction of sp³-hybridized carbons (Fsp3) is 0.150. The highest BCUT2D eigenvalue weighted by molar-refractivity contribution is 5.82. The van der Waals surface area contributed by atoms with Crippen LogP contribution in [0.3, 0.4) is 0 Å². The second kappa shape index (κ2) is 6.97. The molecular formula is C20H20N2O. The summed E-state index contributed by atoms with van der Waals surface area (Å²) in [7, 11) is 2.07. The molecule has 3 rings (SSSR count). The first kappa shape index (κ1) is 15.1. The van der Waals surface area contributed by atoms with E-state index in [4.69, 9.17) is 4.74 Å². The van der Waals surface area contributed by atoms with E-state index in [2.05, 4.69) is 53.4 Å². The minimum Gasteiger partial charge on any atom is -0.494 e. The van der Waals surface area contributed by atoms with Gasteiger partial charge in [-0.3, -0.25) is 4.99 Å². The van der Waals surface area contributed by atoms with E-state index in [1.165, 1.54) is 11.3 Å². The molecule has 0 saturated heterocycles. The number of fused-ring (bicyclic) bond motifs is 1. The van der Waals surface area contributed by atoms with Crippen LogP contribution in [0.4, 0.5) is 11.4 Å². The summed E-state index contributed by atoms with van der Waals surface area (Å²) in [6.07, 6.45) is 8.08. The summed E-state index contributed by atoms with van der Waals surface area (Å²) in [5.41, 5.74) is 4.46. The van der Waals surface area contributed by atoms with Crippen LogP contribution in [0.25, 0.3) is 6.08 Å². The fourth-order valence-electron chi connectivity index (χ4n) is 2.52. The van der Waals surface area contributed by atoms with Gasteiger partial charge in [0.25, 0.3) is 0 Å². The Balaban J connectivity index is 1.73. The molecule has 1 heterocycles. The molecule has 0 amide bonds. The van der Waals surface area contributed by atoms with Crippen molar-refractivity contribution in [3.05, 3.63) is 71.9 Å². The Labute approximate surface area is 137 Å². The van der Waals surface area contributed by atoms with Gasteiger partial charge in [0.2, 0.25) is 0 Å². The predicted octanol–water partition coefficient (Wildman–Crippen LogP) is 4.83. The van der Waals surface area contributed by atoms with Gasteiger partial charge in [-0.25, -0.2) is 0 Å². The first-order valence-electron chi connectivity index (χ1n) is 7.76. The molecule has 3 heteroatoms. The van der Waals surface area contributed by atoms with Crippen LogP contribution in [0.1, 0.15) is 12.5 Å². The van der Waals surface area contributed by atoms with Gasteiger partial charge in [-0.15, -0.1) is 0 Å². The zero-order valence-corrected chi connectivity index (χ0v) is 13.4. The molecule has 3 nitrogen and oxygen atoms in total. The maximum Gasteiger partial charge on any atom is 0.119 e. The lowest BCUT2D eigenvalue weighted by Gasteiger charge is -2.25. The first-order chi connectivity index (χ1) is 11.3. The standard InChI is InChI=1S/C20H20N2O/c1-3-23-19-12-9-17(10-13-19)21-15-14-18-11-8-16-6-4-5-7-20(16)22(18)2/h4-15H,3H2,1-2H3. The maximum absolute atomic E-state index is 5.43. The summed E-state index contributed by atoms with van der Waals surface area (Å²) in [5.74, 6) is 0.872. The molecule has 0 radical (unpaired) electrons. The van der Waals surface area contributed by atoms with E-state index in [0.717, 1.165) is 17.1 Å². The highest BCUT2D eigenvalue weighted by Crippen LogP contribution is 2.28. The quantitative estimate of drug-likeness (QED) is 0.755. The van der Waals surface area contributed by atoms with Gasteiger partial charge in [-0.05, 0) is 55.0 Å². The average Bonchev–Trinajstić information content (AvgIpc) is 2.59. The van der Waals surface area contributed by atoms with Crippen molar-refractivity contribution >= 4 is 23.7 Å². The Kier molecular flexibility index (Phi) is 4.57. The molecule has 0 fully saturated rings. The molecular weight excluding hydrogens is 284 g/mol. The van der Waals surface area contributed by atoms with Crippen LogP contribution in [0, 0.1) is 0 Å². The number of anilines is 1. The molecule has 0 atom stereocenters. The van der Waals surface area contributed by atoms with E-state index in [-0.39, 0.29) is 0 Å². The van der Waals surface area contributed by atoms with Crippen molar-refractivity contribution in [3.63, 3.8) is 0 Å². The summed E-state index contributed by atoms with van der Waals surface area (Å²) in [6, 6.07) is 16.1. The molecule has 1 aliphatic rings. The maximum atomic E-state index is 5.43. The summed E-state index contributed by atoms with van der Waals surface area (Å²) < 4.78 is 5.43. The van der Waals surface area contributed by atoms with Gasteiger partial charge < -0.3 is 9.64 Å². The summed E-state index contributed by atoms with van der Waals surface area (Å²) in [5, 5.41) is 0. The lowest BCUT2D eigenvalue weighted by atomic mass is 10.1. The Morgan fingerprint density at radius 2 is 1.83 bits per heavy atom. The molecule has 2 aromatic carbocycles. The molecule has 0 unspecified atom stereocenters. The molecule has 0 N–H and O–H groups in total. The van der Waals surface area contributed by atoms with Gasteiger partial charge in [-0.1, -0.05) is 24.3 Å². The van der Waals surface area contributed by atoms with Crippen molar-refractivity contribution in [2.24, 2.45) is 4.99 Å². The van der Waals surface area contributed by atoms with Crippen molar-refractivity contribution in [2.45, 2.75) is 6.92 Å². The Morgan fingerprint density at radius 1 is 1.04 bits per heavy atom. The smallest absolute Gasteiger partial charge is 0.119 e. The minimum absolute atomic E-state index is 0.675. The number of benzene rings is 2. The van der Waals surface area contributed by atoms with Crippen LogP contribution >= 0.6 is 0 Å². The predicted molar refractivity (Wildman–Crippen MR) is 97.7 cm³/mol. The number of likely N-dealkylation sites (N-methyl/N-ethyl adjacent to an activating group) is 1. The first-order valence-corrected chi connectivity index (χ1v) is 7.76. The SMILES string of the molecule is CCOc1ccc(N=CC=C2C=Cc3ccccc3N2C)cc1. The van der Waals surface area contributed by atoms with Crippen LogP contribution in [0.15, 0.2) is 71.4 Å². The zero-order chi connectivity index (χ0) is 16.1. The molecule has 0 aliphatic carbocycles. The Hall–Kier alpha value is -2.81. The van der Waals surface area contributed by atoms with E-state index in [1.807, 2.05) is 43.5 Å². The van der Waals surface area contributed by atoms with Crippen LogP contribution < -0.4 is 9.64 Å². The van der Waals surface area contributed by atoms with Crippen LogP contribution in [-0.2, 0) is 0 Å². The third kappa shape index (κ3) is 3.51. The normalized spacial score (nSPS) is 15.2. The van der Waals surface area contributed by atoms with Crippen molar-refractivity contribution in [3.8, 4) is 5.75 Å². The molecule has 0 saturated carbocycles. The molecule has 116 valence electrons. The molecule has 0 aromatic heterocycles. The second-order valence-electron chi connectivity index (χ2n) is 5.25. The van der Waals surface area contributed by atoms with Gasteiger partial charge in [-0.2, -0.15) is 0 Å². The average molecular weight is 304 g/mol. The number of hydrogen-bond acceptors (Lipinski definition) is 3. The van der Waals surface area contributed by atoms with E-state index in [1.54, 1.807) is 0 Å². The van der Waals surface area contributed by atoms with Crippen LogP contribution in [0.5, 0.6) is 5.75 Å². The molecule has 0 bridgehead atoms. The highest BCUT2D eigenvalue weighted by atomic mass is 16.5. The highest BCUT2D eigenvalue weighted by Gasteiger charge is 2.11. The second-order valence-corrected chi connectivity index (χ2v) is 5.25. The molecule has 1 aliphatic heterocycles.